The van der Waals surface area contributed by atoms with E-state index in [2.05, 4.69) is 5.32 Å². The summed E-state index contributed by atoms with van der Waals surface area (Å²) >= 11 is 17.9. The smallest absolute Gasteiger partial charge is 0.241 e. The minimum Gasteiger partial charge on any atom is -0.456 e. The average molecular weight is 486 g/mol. The van der Waals surface area contributed by atoms with Gasteiger partial charge in [0.25, 0.3) is 0 Å². The minimum absolute atomic E-state index is 0.00138. The third-order valence-electron chi connectivity index (χ3n) is 3.92. The molecule has 3 aromatic carbocycles. The van der Waals surface area contributed by atoms with Gasteiger partial charge < -0.3 is 10.1 Å². The molecule has 3 N–H and O–H groups in total. The molecule has 0 heterocycles. The summed E-state index contributed by atoms with van der Waals surface area (Å²) in [5.74, 6) is -0.0665. The fourth-order valence-corrected chi connectivity index (χ4v) is 3.93. The molecule has 156 valence electrons. The van der Waals surface area contributed by atoms with Crippen molar-refractivity contribution in [3.63, 3.8) is 0 Å². The summed E-state index contributed by atoms with van der Waals surface area (Å²) in [6.45, 7) is 0. The number of carbonyl (C=O) groups excluding carboxylic acids is 1. The monoisotopic (exact) mass is 484 g/mol. The summed E-state index contributed by atoms with van der Waals surface area (Å²) < 4.78 is 29.7. The fraction of sp³-hybridized carbons (Fsp3) is 0.0500. The SMILES string of the molecule is NS(=O)(=O)c1cc(NC(=O)Cc2ccc(Cl)cc2Cl)ccc1Oc1cccc(Cl)c1. The molecule has 1 amide bonds. The van der Waals surface area contributed by atoms with Crippen LogP contribution >= 0.6 is 34.8 Å². The number of nitrogens with one attached hydrogen (secondary N) is 1. The molecule has 0 saturated carbocycles. The number of carbonyl (C=O) groups is 1. The van der Waals surface area contributed by atoms with Crippen LogP contribution < -0.4 is 15.2 Å². The highest BCUT2D eigenvalue weighted by molar-refractivity contribution is 7.89. The molecule has 0 aliphatic rings. The molecule has 0 atom stereocenters. The first-order chi connectivity index (χ1) is 14.1. The van der Waals surface area contributed by atoms with Crippen molar-refractivity contribution in [3.05, 3.63) is 81.3 Å². The first-order valence-electron chi connectivity index (χ1n) is 8.46. The van der Waals surface area contributed by atoms with E-state index in [-0.39, 0.29) is 22.8 Å². The Balaban J connectivity index is 1.83. The van der Waals surface area contributed by atoms with Gasteiger partial charge in [-0.3, -0.25) is 4.79 Å². The van der Waals surface area contributed by atoms with Gasteiger partial charge in [0.05, 0.1) is 6.42 Å². The number of ether oxygens (including phenoxy) is 1. The zero-order valence-corrected chi connectivity index (χ0v) is 18.3. The van der Waals surface area contributed by atoms with Crippen molar-refractivity contribution in [2.24, 2.45) is 5.14 Å². The maximum absolute atomic E-state index is 12.4. The maximum Gasteiger partial charge on any atom is 0.241 e. The molecule has 0 aliphatic heterocycles. The van der Waals surface area contributed by atoms with E-state index >= 15 is 0 Å². The van der Waals surface area contributed by atoms with E-state index in [0.717, 1.165) is 0 Å². The van der Waals surface area contributed by atoms with E-state index in [1.54, 1.807) is 30.3 Å². The Labute approximate surface area is 188 Å². The van der Waals surface area contributed by atoms with Crippen molar-refractivity contribution < 1.29 is 17.9 Å². The molecule has 0 unspecified atom stereocenters. The van der Waals surface area contributed by atoms with Crippen molar-refractivity contribution in [1.82, 2.24) is 0 Å². The van der Waals surface area contributed by atoms with Crippen LogP contribution in [0, 0.1) is 0 Å². The van der Waals surface area contributed by atoms with Crippen molar-refractivity contribution >= 4 is 56.4 Å². The van der Waals surface area contributed by atoms with Crippen LogP contribution in [-0.2, 0) is 21.2 Å². The Bertz CT molecular complexity index is 1220. The van der Waals surface area contributed by atoms with Crippen LogP contribution in [0.3, 0.4) is 0 Å². The van der Waals surface area contributed by atoms with Crippen LogP contribution in [0.1, 0.15) is 5.56 Å². The molecule has 3 aromatic rings. The quantitative estimate of drug-likeness (QED) is 0.497. The molecule has 10 heteroatoms. The van der Waals surface area contributed by atoms with Gasteiger partial charge in [-0.1, -0.05) is 46.9 Å². The van der Waals surface area contributed by atoms with Gasteiger partial charge in [-0.25, -0.2) is 13.6 Å². The van der Waals surface area contributed by atoms with E-state index in [1.165, 1.54) is 30.3 Å². The third-order valence-corrected chi connectivity index (χ3v) is 5.68. The van der Waals surface area contributed by atoms with E-state index in [9.17, 15) is 13.2 Å². The van der Waals surface area contributed by atoms with Gasteiger partial charge in [-0.15, -0.1) is 0 Å². The predicted octanol–water partition coefficient (Wildman–Crippen LogP) is 5.27. The second-order valence-corrected chi connectivity index (χ2v) is 9.04. The number of anilines is 1. The first-order valence-corrected chi connectivity index (χ1v) is 11.1. The fourth-order valence-electron chi connectivity index (χ4n) is 2.59. The van der Waals surface area contributed by atoms with Crippen molar-refractivity contribution in [2.75, 3.05) is 5.32 Å². The number of hydrogen-bond acceptors (Lipinski definition) is 4. The zero-order chi connectivity index (χ0) is 21.9. The highest BCUT2D eigenvalue weighted by atomic mass is 35.5. The summed E-state index contributed by atoms with van der Waals surface area (Å²) in [6, 6.07) is 15.4. The molecule has 30 heavy (non-hydrogen) atoms. The van der Waals surface area contributed by atoms with Crippen LogP contribution in [-0.4, -0.2) is 14.3 Å². The molecule has 3 rings (SSSR count). The number of nitrogens with two attached hydrogens (primary N) is 1. The van der Waals surface area contributed by atoms with E-state index in [0.29, 0.717) is 26.4 Å². The van der Waals surface area contributed by atoms with Crippen LogP contribution in [0.25, 0.3) is 0 Å². The Morgan fingerprint density at radius 3 is 2.37 bits per heavy atom. The molecular formula is C20H15Cl3N2O4S. The lowest BCUT2D eigenvalue weighted by atomic mass is 10.1. The first kappa shape index (κ1) is 22.4. The average Bonchev–Trinajstić information content (AvgIpc) is 2.64. The zero-order valence-electron chi connectivity index (χ0n) is 15.2. The highest BCUT2D eigenvalue weighted by Crippen LogP contribution is 2.32. The van der Waals surface area contributed by atoms with Gasteiger partial charge in [0.15, 0.2) is 0 Å². The van der Waals surface area contributed by atoms with Crippen molar-refractivity contribution in [3.8, 4) is 11.5 Å². The second kappa shape index (κ2) is 9.24. The number of primary sulfonamides is 1. The van der Waals surface area contributed by atoms with E-state index < -0.39 is 15.9 Å². The number of amides is 1. The van der Waals surface area contributed by atoms with Crippen LogP contribution in [0.2, 0.25) is 15.1 Å². The van der Waals surface area contributed by atoms with Gasteiger partial charge in [0.2, 0.25) is 15.9 Å². The summed E-state index contributed by atoms with van der Waals surface area (Å²) in [5.41, 5.74) is 0.804. The van der Waals surface area contributed by atoms with Gasteiger partial charge in [-0.2, -0.15) is 0 Å². The van der Waals surface area contributed by atoms with E-state index in [1.807, 2.05) is 0 Å². The van der Waals surface area contributed by atoms with Gasteiger partial charge >= 0.3 is 0 Å². The van der Waals surface area contributed by atoms with Crippen LogP contribution in [0.5, 0.6) is 11.5 Å². The summed E-state index contributed by atoms with van der Waals surface area (Å²) in [5, 5.41) is 9.18. The Kier molecular flexibility index (Phi) is 6.90. The molecule has 0 aliphatic carbocycles. The maximum atomic E-state index is 12.4. The van der Waals surface area contributed by atoms with E-state index in [4.69, 9.17) is 44.7 Å². The molecular weight excluding hydrogens is 471 g/mol. The lowest BCUT2D eigenvalue weighted by molar-refractivity contribution is -0.115. The summed E-state index contributed by atoms with van der Waals surface area (Å²) in [7, 11) is -4.14. The minimum atomic E-state index is -4.14. The number of hydrogen-bond donors (Lipinski definition) is 2. The third kappa shape index (κ3) is 5.87. The molecule has 0 aromatic heterocycles. The normalized spacial score (nSPS) is 11.2. The number of sulfonamides is 1. The molecule has 0 spiro atoms. The molecule has 0 radical (unpaired) electrons. The number of rotatable bonds is 6. The lowest BCUT2D eigenvalue weighted by Crippen LogP contribution is -2.17. The largest absolute Gasteiger partial charge is 0.456 e. The lowest BCUT2D eigenvalue weighted by Gasteiger charge is -2.13. The Morgan fingerprint density at radius 2 is 1.70 bits per heavy atom. The Morgan fingerprint density at radius 1 is 0.967 bits per heavy atom. The molecule has 6 nitrogen and oxygen atoms in total. The van der Waals surface area contributed by atoms with Crippen molar-refractivity contribution in [2.45, 2.75) is 11.3 Å². The molecule has 0 fully saturated rings. The van der Waals surface area contributed by atoms with Gasteiger partial charge in [0, 0.05) is 20.8 Å². The number of halogens is 3. The topological polar surface area (TPSA) is 98.5 Å². The molecule has 0 saturated heterocycles. The highest BCUT2D eigenvalue weighted by Gasteiger charge is 2.18. The van der Waals surface area contributed by atoms with Crippen LogP contribution in [0.4, 0.5) is 5.69 Å². The summed E-state index contributed by atoms with van der Waals surface area (Å²) in [6.07, 6.45) is -0.0263. The standard InChI is InChI=1S/C20H15Cl3N2O4S/c21-13-2-1-3-16(9-13)29-18-7-6-15(11-19(18)30(24,27)28)25-20(26)8-12-4-5-14(22)10-17(12)23/h1-7,9-11H,8H2,(H,25,26)(H2,24,27,28). The Hall–Kier alpha value is -2.29. The summed E-state index contributed by atoms with van der Waals surface area (Å²) in [4.78, 5) is 12.1. The van der Waals surface area contributed by atoms with Crippen LogP contribution in [0.15, 0.2) is 65.6 Å². The second-order valence-electron chi connectivity index (χ2n) is 6.23. The van der Waals surface area contributed by atoms with Crippen molar-refractivity contribution in [1.29, 1.82) is 0 Å². The van der Waals surface area contributed by atoms with Gasteiger partial charge in [0.1, 0.15) is 16.4 Å². The van der Waals surface area contributed by atoms with Gasteiger partial charge in [-0.05, 0) is 54.1 Å². The number of benzene rings is 3. The molecule has 0 bridgehead atoms. The predicted molar refractivity (Wildman–Crippen MR) is 118 cm³/mol.